The zero-order chi connectivity index (χ0) is 26.8. The second kappa shape index (κ2) is 10.1. The summed E-state index contributed by atoms with van der Waals surface area (Å²) in [5, 5.41) is 13.5. The van der Waals surface area contributed by atoms with Gasteiger partial charge in [-0.05, 0) is 67.4 Å². The highest BCUT2D eigenvalue weighted by atomic mass is 19.4. The van der Waals surface area contributed by atoms with Gasteiger partial charge in [0.2, 0.25) is 0 Å². The van der Waals surface area contributed by atoms with Gasteiger partial charge in [0.25, 0.3) is 0 Å². The first-order valence-corrected chi connectivity index (χ1v) is 11.2. The number of pyridine rings is 2. The summed E-state index contributed by atoms with van der Waals surface area (Å²) in [5.41, 5.74) is 0.158. The van der Waals surface area contributed by atoms with Gasteiger partial charge in [-0.25, -0.2) is 8.78 Å². The van der Waals surface area contributed by atoms with Crippen LogP contribution in [-0.4, -0.2) is 20.9 Å². The number of hydrogen-bond acceptors (Lipinski definition) is 4. The van der Waals surface area contributed by atoms with Gasteiger partial charge in [0.1, 0.15) is 11.6 Å². The number of halogens is 5. The molecule has 0 fully saturated rings. The molecular formula is C28H22F5N3O. The molecule has 0 aliphatic rings. The molecule has 190 valence electrons. The van der Waals surface area contributed by atoms with E-state index in [1.807, 2.05) is 0 Å². The first-order valence-electron chi connectivity index (χ1n) is 11.2. The minimum Gasteiger partial charge on any atom is -0.411 e. The number of benzene rings is 2. The molecule has 4 rings (SSSR count). The molecule has 4 aromatic rings. The van der Waals surface area contributed by atoms with Crippen LogP contribution in [0.1, 0.15) is 45.6 Å². The molecule has 2 aromatic heterocycles. The average molecular weight is 511 g/mol. The van der Waals surface area contributed by atoms with Gasteiger partial charge in [-0.2, -0.15) is 13.2 Å². The molecule has 0 spiro atoms. The lowest BCUT2D eigenvalue weighted by Gasteiger charge is -2.37. The number of hydrogen-bond donors (Lipinski definition) is 1. The summed E-state index contributed by atoms with van der Waals surface area (Å²) in [6.45, 7) is 3.46. The molecule has 0 saturated heterocycles. The number of nitrogens with zero attached hydrogens (tertiary/aromatic N) is 3. The van der Waals surface area contributed by atoms with E-state index in [-0.39, 0.29) is 23.3 Å². The van der Waals surface area contributed by atoms with Crippen molar-refractivity contribution in [3.63, 3.8) is 0 Å². The van der Waals surface area contributed by atoms with Crippen LogP contribution in [0.2, 0.25) is 0 Å². The third kappa shape index (κ3) is 5.21. The standard InChI is InChI=1S/C28H22F5N3O/c1-17-13-19(9-11-34-17)26(36-37)16-27(22-10-12-35-18(2)14-22,24-8-7-23(29)15-25(24)30)20-3-5-21(6-4-20)28(31,32)33/h3-15,37H,16H2,1-2H3. The second-order valence-electron chi connectivity index (χ2n) is 8.70. The van der Waals surface area contributed by atoms with Crippen molar-refractivity contribution in [1.29, 1.82) is 0 Å². The van der Waals surface area contributed by atoms with Gasteiger partial charge in [-0.3, -0.25) is 9.97 Å². The van der Waals surface area contributed by atoms with E-state index in [0.717, 1.165) is 18.2 Å². The Morgan fingerprint density at radius 2 is 1.41 bits per heavy atom. The lowest BCUT2D eigenvalue weighted by atomic mass is 9.65. The quantitative estimate of drug-likeness (QED) is 0.131. The van der Waals surface area contributed by atoms with E-state index >= 15 is 4.39 Å². The van der Waals surface area contributed by atoms with Gasteiger partial charge < -0.3 is 5.21 Å². The van der Waals surface area contributed by atoms with Crippen LogP contribution in [0.4, 0.5) is 22.0 Å². The van der Waals surface area contributed by atoms with Crippen molar-refractivity contribution in [3.8, 4) is 0 Å². The summed E-state index contributed by atoms with van der Waals surface area (Å²) >= 11 is 0. The molecule has 9 heteroatoms. The van der Waals surface area contributed by atoms with Crippen LogP contribution >= 0.6 is 0 Å². The maximum atomic E-state index is 15.6. The minimum absolute atomic E-state index is 0.00816. The van der Waals surface area contributed by atoms with E-state index in [4.69, 9.17) is 0 Å². The van der Waals surface area contributed by atoms with Crippen molar-refractivity contribution in [2.75, 3.05) is 0 Å². The third-order valence-electron chi connectivity index (χ3n) is 6.27. The highest BCUT2D eigenvalue weighted by molar-refractivity contribution is 6.01. The van der Waals surface area contributed by atoms with E-state index in [1.165, 1.54) is 30.6 Å². The maximum Gasteiger partial charge on any atom is 0.416 e. The number of alkyl halides is 3. The van der Waals surface area contributed by atoms with Crippen LogP contribution in [0.25, 0.3) is 0 Å². The Kier molecular flexibility index (Phi) is 7.07. The van der Waals surface area contributed by atoms with Crippen molar-refractivity contribution in [2.24, 2.45) is 5.16 Å². The molecule has 1 N–H and O–H groups in total. The van der Waals surface area contributed by atoms with Gasteiger partial charge >= 0.3 is 6.18 Å². The molecule has 0 aliphatic carbocycles. The summed E-state index contributed by atoms with van der Waals surface area (Å²) in [4.78, 5) is 8.34. The van der Waals surface area contributed by atoms with Crippen molar-refractivity contribution in [1.82, 2.24) is 9.97 Å². The largest absolute Gasteiger partial charge is 0.416 e. The number of aryl methyl sites for hydroxylation is 2. The summed E-state index contributed by atoms with van der Waals surface area (Å²) < 4.78 is 69.7. The Labute approximate surface area is 210 Å². The van der Waals surface area contributed by atoms with Crippen LogP contribution in [0.3, 0.4) is 0 Å². The number of rotatable bonds is 6. The van der Waals surface area contributed by atoms with Crippen LogP contribution < -0.4 is 0 Å². The fourth-order valence-corrected chi connectivity index (χ4v) is 4.54. The normalized spacial score (nSPS) is 13.9. The molecule has 2 aromatic carbocycles. The van der Waals surface area contributed by atoms with Crippen LogP contribution in [0, 0.1) is 25.5 Å². The highest BCUT2D eigenvalue weighted by Gasteiger charge is 2.41. The van der Waals surface area contributed by atoms with Gasteiger partial charge in [0.15, 0.2) is 0 Å². The first-order chi connectivity index (χ1) is 17.5. The SMILES string of the molecule is Cc1cc(C(CC(c2ccc(C(F)(F)F)cc2)(c2ccnc(C)c2)c2ccc(F)cc2F)=NO)ccn1. The predicted molar refractivity (Wildman–Crippen MR) is 129 cm³/mol. The lowest BCUT2D eigenvalue weighted by molar-refractivity contribution is -0.137. The number of aromatic nitrogens is 2. The summed E-state index contributed by atoms with van der Waals surface area (Å²) in [6, 6.07) is 14.0. The summed E-state index contributed by atoms with van der Waals surface area (Å²) in [5.74, 6) is -1.72. The van der Waals surface area contributed by atoms with E-state index in [0.29, 0.717) is 28.6 Å². The van der Waals surface area contributed by atoms with Crippen molar-refractivity contribution in [3.05, 3.63) is 130 Å². The van der Waals surface area contributed by atoms with Crippen molar-refractivity contribution >= 4 is 5.71 Å². The minimum atomic E-state index is -4.58. The number of oxime groups is 1. The Hall–Kier alpha value is -4.14. The van der Waals surface area contributed by atoms with E-state index < -0.39 is 28.8 Å². The van der Waals surface area contributed by atoms with Gasteiger partial charge in [0.05, 0.1) is 16.7 Å². The van der Waals surface area contributed by atoms with Gasteiger partial charge in [0, 0.05) is 47.4 Å². The Balaban J connectivity index is 2.06. The lowest BCUT2D eigenvalue weighted by Crippen LogP contribution is -2.34. The zero-order valence-electron chi connectivity index (χ0n) is 19.9. The summed E-state index contributed by atoms with van der Waals surface area (Å²) in [6.07, 6.45) is -1.74. The molecule has 2 heterocycles. The third-order valence-corrected chi connectivity index (χ3v) is 6.27. The molecular weight excluding hydrogens is 489 g/mol. The fraction of sp³-hybridized carbons (Fsp3) is 0.179. The molecule has 0 amide bonds. The fourth-order valence-electron chi connectivity index (χ4n) is 4.54. The molecule has 0 aliphatic heterocycles. The zero-order valence-corrected chi connectivity index (χ0v) is 19.9. The molecule has 1 unspecified atom stereocenters. The molecule has 0 saturated carbocycles. The Morgan fingerprint density at radius 1 is 0.784 bits per heavy atom. The molecule has 0 bridgehead atoms. The molecule has 4 nitrogen and oxygen atoms in total. The van der Waals surface area contributed by atoms with E-state index in [9.17, 15) is 22.8 Å². The maximum absolute atomic E-state index is 15.6. The van der Waals surface area contributed by atoms with Crippen LogP contribution in [-0.2, 0) is 11.6 Å². The predicted octanol–water partition coefficient (Wildman–Crippen LogP) is 6.99. The molecule has 1 atom stereocenters. The van der Waals surface area contributed by atoms with E-state index in [1.54, 1.807) is 38.1 Å². The van der Waals surface area contributed by atoms with Crippen LogP contribution in [0.5, 0.6) is 0 Å². The monoisotopic (exact) mass is 511 g/mol. The second-order valence-corrected chi connectivity index (χ2v) is 8.70. The van der Waals surface area contributed by atoms with Gasteiger partial charge in [-0.15, -0.1) is 0 Å². The highest BCUT2D eigenvalue weighted by Crippen LogP contribution is 2.45. The van der Waals surface area contributed by atoms with Crippen molar-refractivity contribution < 1.29 is 27.2 Å². The Morgan fingerprint density at radius 3 is 1.97 bits per heavy atom. The van der Waals surface area contributed by atoms with Crippen LogP contribution in [0.15, 0.2) is 84.3 Å². The topological polar surface area (TPSA) is 58.4 Å². The first kappa shape index (κ1) is 25.9. The van der Waals surface area contributed by atoms with E-state index in [2.05, 4.69) is 15.1 Å². The van der Waals surface area contributed by atoms with Crippen molar-refractivity contribution in [2.45, 2.75) is 31.9 Å². The van der Waals surface area contributed by atoms with Gasteiger partial charge in [-0.1, -0.05) is 23.4 Å². The Bertz CT molecular complexity index is 1450. The summed E-state index contributed by atoms with van der Waals surface area (Å²) in [7, 11) is 0. The molecule has 37 heavy (non-hydrogen) atoms. The molecule has 0 radical (unpaired) electrons. The average Bonchev–Trinajstić information content (AvgIpc) is 2.85. The smallest absolute Gasteiger partial charge is 0.411 e.